The lowest BCUT2D eigenvalue weighted by Gasteiger charge is -2.29. The summed E-state index contributed by atoms with van der Waals surface area (Å²) in [6.07, 6.45) is 4.68. The maximum Gasteiger partial charge on any atom is 0.261 e. The van der Waals surface area contributed by atoms with Crippen molar-refractivity contribution in [3.8, 4) is 0 Å². The number of benzene rings is 1. The summed E-state index contributed by atoms with van der Waals surface area (Å²) in [5.74, 6) is 1.06. The highest BCUT2D eigenvalue weighted by molar-refractivity contribution is 7.99. The van der Waals surface area contributed by atoms with Crippen LogP contribution in [-0.4, -0.2) is 46.7 Å². The van der Waals surface area contributed by atoms with Gasteiger partial charge in [-0.1, -0.05) is 31.9 Å². The number of hydrogen-bond donors (Lipinski definition) is 1. The van der Waals surface area contributed by atoms with E-state index in [0.717, 1.165) is 6.42 Å². The van der Waals surface area contributed by atoms with Gasteiger partial charge >= 0.3 is 0 Å². The zero-order valence-electron chi connectivity index (χ0n) is 14.5. The second kappa shape index (κ2) is 8.04. The zero-order valence-corrected chi connectivity index (χ0v) is 15.3. The molecule has 1 heterocycles. The number of amides is 3. The highest BCUT2D eigenvalue weighted by Gasteiger charge is 2.34. The van der Waals surface area contributed by atoms with Crippen molar-refractivity contribution < 1.29 is 14.4 Å². The van der Waals surface area contributed by atoms with E-state index in [1.54, 1.807) is 24.3 Å². The molecule has 1 saturated carbocycles. The summed E-state index contributed by atoms with van der Waals surface area (Å²) in [4.78, 5) is 37.9. The molecule has 1 aromatic carbocycles. The number of carbonyl (C=O) groups is 3. The van der Waals surface area contributed by atoms with Crippen LogP contribution in [0.1, 0.15) is 53.3 Å². The second-order valence-electron chi connectivity index (χ2n) is 6.80. The lowest BCUT2D eigenvalue weighted by atomic mass is 9.86. The van der Waals surface area contributed by atoms with E-state index in [0.29, 0.717) is 35.1 Å². The van der Waals surface area contributed by atoms with Gasteiger partial charge in [0.15, 0.2) is 0 Å². The average Bonchev–Trinajstić information content (AvgIpc) is 2.86. The Hall–Kier alpha value is -1.82. The van der Waals surface area contributed by atoms with E-state index >= 15 is 0 Å². The van der Waals surface area contributed by atoms with Crippen LogP contribution in [0.2, 0.25) is 0 Å². The standard InChI is InChI=1S/C19H24N2O3S/c1-13-6-2-5-9-16(13)20-17(22)12-25-11-10-21-18(23)14-7-3-4-8-15(14)19(21)24/h3-4,7-8,13,16H,2,5-6,9-12H2,1H3,(H,20,22)/t13-,16-/m1/s1. The predicted octanol–water partition coefficient (Wildman–Crippen LogP) is 2.71. The van der Waals surface area contributed by atoms with E-state index in [4.69, 9.17) is 0 Å². The molecule has 1 aromatic rings. The molecule has 3 rings (SSSR count). The van der Waals surface area contributed by atoms with Crippen molar-refractivity contribution in [2.45, 2.75) is 38.6 Å². The van der Waals surface area contributed by atoms with Crippen molar-refractivity contribution in [3.63, 3.8) is 0 Å². The Balaban J connectivity index is 1.41. The molecule has 2 atom stereocenters. The highest BCUT2D eigenvalue weighted by atomic mass is 32.2. The van der Waals surface area contributed by atoms with Gasteiger partial charge in [0.05, 0.1) is 16.9 Å². The highest BCUT2D eigenvalue weighted by Crippen LogP contribution is 2.24. The first-order valence-electron chi connectivity index (χ1n) is 8.90. The van der Waals surface area contributed by atoms with Crippen LogP contribution in [0, 0.1) is 5.92 Å². The third-order valence-corrected chi connectivity index (χ3v) is 5.97. The summed E-state index contributed by atoms with van der Waals surface area (Å²) in [6.45, 7) is 2.53. The molecule has 1 aliphatic heterocycles. The van der Waals surface area contributed by atoms with Crippen LogP contribution in [0.3, 0.4) is 0 Å². The Morgan fingerprint density at radius 3 is 2.44 bits per heavy atom. The molecule has 25 heavy (non-hydrogen) atoms. The van der Waals surface area contributed by atoms with Gasteiger partial charge in [0.2, 0.25) is 5.91 Å². The molecule has 0 saturated heterocycles. The Bertz CT molecular complexity index is 641. The Labute approximate surface area is 152 Å². The number of fused-ring (bicyclic) bond motifs is 1. The third kappa shape index (κ3) is 4.06. The average molecular weight is 360 g/mol. The van der Waals surface area contributed by atoms with Crippen LogP contribution >= 0.6 is 11.8 Å². The molecule has 134 valence electrons. The predicted molar refractivity (Wildman–Crippen MR) is 98.7 cm³/mol. The van der Waals surface area contributed by atoms with Gasteiger partial charge in [-0.2, -0.15) is 11.8 Å². The molecule has 1 N–H and O–H groups in total. The fraction of sp³-hybridized carbons (Fsp3) is 0.526. The van der Waals surface area contributed by atoms with Gasteiger partial charge in [0, 0.05) is 18.3 Å². The van der Waals surface area contributed by atoms with Crippen molar-refractivity contribution in [2.24, 2.45) is 5.92 Å². The van der Waals surface area contributed by atoms with Gasteiger partial charge in [-0.15, -0.1) is 0 Å². The number of thioether (sulfide) groups is 1. The van der Waals surface area contributed by atoms with E-state index in [1.807, 2.05) is 0 Å². The van der Waals surface area contributed by atoms with Gasteiger partial charge in [-0.25, -0.2) is 0 Å². The molecule has 1 fully saturated rings. The topological polar surface area (TPSA) is 66.5 Å². The van der Waals surface area contributed by atoms with E-state index in [9.17, 15) is 14.4 Å². The summed E-state index contributed by atoms with van der Waals surface area (Å²) in [6, 6.07) is 7.18. The Morgan fingerprint density at radius 2 is 1.80 bits per heavy atom. The van der Waals surface area contributed by atoms with E-state index in [2.05, 4.69) is 12.2 Å². The number of nitrogens with one attached hydrogen (secondary N) is 1. The lowest BCUT2D eigenvalue weighted by molar-refractivity contribution is -0.119. The molecule has 0 spiro atoms. The van der Waals surface area contributed by atoms with Crippen LogP contribution in [0.4, 0.5) is 0 Å². The van der Waals surface area contributed by atoms with Crippen molar-refractivity contribution in [1.82, 2.24) is 10.2 Å². The molecule has 5 nitrogen and oxygen atoms in total. The quantitative estimate of drug-likeness (QED) is 0.626. The minimum atomic E-state index is -0.235. The molecule has 2 aliphatic rings. The summed E-state index contributed by atoms with van der Waals surface area (Å²) < 4.78 is 0. The molecule has 0 bridgehead atoms. The molecule has 6 heteroatoms. The first-order valence-corrected chi connectivity index (χ1v) is 10.1. The summed E-state index contributed by atoms with van der Waals surface area (Å²) in [5.41, 5.74) is 0.947. The number of carbonyl (C=O) groups excluding carboxylic acids is 3. The van der Waals surface area contributed by atoms with Gasteiger partial charge < -0.3 is 5.32 Å². The summed E-state index contributed by atoms with van der Waals surface area (Å²) in [5, 5.41) is 3.12. The first kappa shape index (κ1) is 18.0. The molecule has 0 aromatic heterocycles. The SMILES string of the molecule is C[C@@H]1CCCC[C@H]1NC(=O)CSCCN1C(=O)c2ccccc2C1=O. The van der Waals surface area contributed by atoms with E-state index < -0.39 is 0 Å². The fourth-order valence-corrected chi connectivity index (χ4v) is 4.27. The maximum atomic E-state index is 12.3. The number of imide groups is 1. The monoisotopic (exact) mass is 360 g/mol. The Kier molecular flexibility index (Phi) is 5.78. The van der Waals surface area contributed by atoms with Gasteiger partial charge in [0.25, 0.3) is 11.8 Å². The Morgan fingerprint density at radius 1 is 1.16 bits per heavy atom. The smallest absolute Gasteiger partial charge is 0.261 e. The number of nitrogens with zero attached hydrogens (tertiary/aromatic N) is 1. The lowest BCUT2D eigenvalue weighted by Crippen LogP contribution is -2.42. The van der Waals surface area contributed by atoms with E-state index in [-0.39, 0.29) is 23.8 Å². The van der Waals surface area contributed by atoms with Crippen molar-refractivity contribution in [2.75, 3.05) is 18.1 Å². The third-order valence-electron chi connectivity index (χ3n) is 5.03. The minimum Gasteiger partial charge on any atom is -0.352 e. The second-order valence-corrected chi connectivity index (χ2v) is 7.90. The molecule has 1 aliphatic carbocycles. The van der Waals surface area contributed by atoms with Gasteiger partial charge in [-0.05, 0) is 30.9 Å². The van der Waals surface area contributed by atoms with Crippen LogP contribution in [0.15, 0.2) is 24.3 Å². The van der Waals surface area contributed by atoms with Crippen LogP contribution in [0.5, 0.6) is 0 Å². The molecule has 0 unspecified atom stereocenters. The molecular formula is C19H24N2O3S. The first-order chi connectivity index (χ1) is 12.1. The van der Waals surface area contributed by atoms with Crippen molar-refractivity contribution in [1.29, 1.82) is 0 Å². The normalized spacial score (nSPS) is 22.8. The van der Waals surface area contributed by atoms with Crippen LogP contribution in [0.25, 0.3) is 0 Å². The maximum absolute atomic E-state index is 12.3. The largest absolute Gasteiger partial charge is 0.352 e. The van der Waals surface area contributed by atoms with Gasteiger partial charge in [0.1, 0.15) is 0 Å². The minimum absolute atomic E-state index is 0.0473. The molecule has 0 radical (unpaired) electrons. The zero-order chi connectivity index (χ0) is 17.8. The summed E-state index contributed by atoms with van der Waals surface area (Å²) >= 11 is 1.46. The number of hydrogen-bond acceptors (Lipinski definition) is 4. The molecule has 3 amide bonds. The fourth-order valence-electron chi connectivity index (χ4n) is 3.54. The molecular weight excluding hydrogens is 336 g/mol. The number of rotatable bonds is 6. The van der Waals surface area contributed by atoms with Crippen molar-refractivity contribution >= 4 is 29.5 Å². The van der Waals surface area contributed by atoms with Crippen LogP contribution in [-0.2, 0) is 4.79 Å². The summed E-state index contributed by atoms with van der Waals surface area (Å²) in [7, 11) is 0. The van der Waals surface area contributed by atoms with Crippen LogP contribution < -0.4 is 5.32 Å². The van der Waals surface area contributed by atoms with Gasteiger partial charge in [-0.3, -0.25) is 19.3 Å². The van der Waals surface area contributed by atoms with E-state index in [1.165, 1.54) is 35.9 Å². The van der Waals surface area contributed by atoms with Crippen molar-refractivity contribution in [3.05, 3.63) is 35.4 Å².